The zero-order valence-electron chi connectivity index (χ0n) is 16.7. The molecule has 6 heteroatoms. The van der Waals surface area contributed by atoms with Gasteiger partial charge in [0.05, 0.1) is 18.9 Å². The van der Waals surface area contributed by atoms with E-state index in [4.69, 9.17) is 21.1 Å². The average molecular weight is 434 g/mol. The van der Waals surface area contributed by atoms with Crippen LogP contribution in [0.2, 0.25) is 5.02 Å². The van der Waals surface area contributed by atoms with Gasteiger partial charge >= 0.3 is 0 Å². The summed E-state index contributed by atoms with van der Waals surface area (Å²) in [6, 6.07) is 18.8. The molecule has 1 saturated carbocycles. The first-order valence-corrected chi connectivity index (χ1v) is 10.5. The topological polar surface area (TPSA) is 64.6 Å². The van der Waals surface area contributed by atoms with E-state index in [0.29, 0.717) is 52.1 Å². The summed E-state index contributed by atoms with van der Waals surface area (Å²) in [6.45, 7) is 1.24. The Kier molecular flexibility index (Phi) is 4.91. The smallest absolute Gasteiger partial charge is 0.255 e. The maximum Gasteiger partial charge on any atom is 0.255 e. The number of rotatable bonds is 4. The van der Waals surface area contributed by atoms with Gasteiger partial charge in [-0.2, -0.15) is 0 Å². The zero-order chi connectivity index (χ0) is 21.4. The van der Waals surface area contributed by atoms with Crippen molar-refractivity contribution in [3.63, 3.8) is 0 Å². The molecule has 156 valence electrons. The molecular weight excluding hydrogens is 414 g/mol. The predicted molar refractivity (Wildman–Crippen MR) is 118 cm³/mol. The van der Waals surface area contributed by atoms with E-state index in [1.165, 1.54) is 0 Å². The summed E-state index contributed by atoms with van der Waals surface area (Å²) in [5.41, 5.74) is 1.79. The fourth-order valence-corrected chi connectivity index (χ4v) is 3.78. The Bertz CT molecular complexity index is 1170. The van der Waals surface area contributed by atoms with Crippen LogP contribution in [0.15, 0.2) is 66.7 Å². The van der Waals surface area contributed by atoms with E-state index in [9.17, 15) is 9.59 Å². The van der Waals surface area contributed by atoms with Gasteiger partial charge in [-0.3, -0.25) is 9.59 Å². The third-order valence-electron chi connectivity index (χ3n) is 5.74. The lowest BCUT2D eigenvalue weighted by Crippen LogP contribution is -2.17. The summed E-state index contributed by atoms with van der Waals surface area (Å²) >= 11 is 6.13. The lowest BCUT2D eigenvalue weighted by Gasteiger charge is -2.13. The Morgan fingerprint density at radius 1 is 0.839 bits per heavy atom. The van der Waals surface area contributed by atoms with E-state index < -0.39 is 0 Å². The van der Waals surface area contributed by atoms with Gasteiger partial charge in [0.15, 0.2) is 17.3 Å². The van der Waals surface area contributed by atoms with Gasteiger partial charge in [-0.1, -0.05) is 41.9 Å². The first-order chi connectivity index (χ1) is 15.0. The summed E-state index contributed by atoms with van der Waals surface area (Å²) in [6.07, 6.45) is 2.20. The van der Waals surface area contributed by atoms with Gasteiger partial charge in [0.25, 0.3) is 5.91 Å². The molecule has 5 nitrogen and oxygen atoms in total. The van der Waals surface area contributed by atoms with Crippen molar-refractivity contribution in [2.24, 2.45) is 5.41 Å². The first kappa shape index (κ1) is 19.6. The van der Waals surface area contributed by atoms with Crippen LogP contribution in [0.3, 0.4) is 0 Å². The van der Waals surface area contributed by atoms with Gasteiger partial charge in [-0.15, -0.1) is 0 Å². The summed E-state index contributed by atoms with van der Waals surface area (Å²) in [4.78, 5) is 26.0. The number of hydrogen-bond acceptors (Lipinski definition) is 4. The van der Waals surface area contributed by atoms with Crippen molar-refractivity contribution in [2.45, 2.75) is 12.8 Å². The molecule has 3 aromatic rings. The summed E-state index contributed by atoms with van der Waals surface area (Å²) in [5.74, 6) is 0.646. The van der Waals surface area contributed by atoms with Crippen molar-refractivity contribution in [3.05, 3.63) is 88.4 Å². The third-order valence-corrected chi connectivity index (χ3v) is 5.98. The summed E-state index contributed by atoms with van der Waals surface area (Å²) in [5, 5.41) is 3.26. The number of carbonyl (C=O) groups is 2. The van der Waals surface area contributed by atoms with Gasteiger partial charge in [0, 0.05) is 27.1 Å². The summed E-state index contributed by atoms with van der Waals surface area (Å²) in [7, 11) is 0. The van der Waals surface area contributed by atoms with Crippen LogP contribution in [0.25, 0.3) is 0 Å². The number of benzene rings is 3. The van der Waals surface area contributed by atoms with Crippen molar-refractivity contribution < 1.29 is 19.1 Å². The lowest BCUT2D eigenvalue weighted by molar-refractivity contribution is 0.102. The molecule has 0 bridgehead atoms. The Morgan fingerprint density at radius 3 is 2.32 bits per heavy atom. The molecule has 0 aromatic heterocycles. The molecule has 1 spiro atoms. The number of carbonyl (C=O) groups excluding carboxylic acids is 2. The Labute approximate surface area is 184 Å². The molecule has 1 amide bonds. The second-order valence-corrected chi connectivity index (χ2v) is 8.51. The summed E-state index contributed by atoms with van der Waals surface area (Å²) < 4.78 is 11.8. The van der Waals surface area contributed by atoms with E-state index in [0.717, 1.165) is 12.8 Å². The average Bonchev–Trinajstić information content (AvgIpc) is 3.60. The number of amides is 1. The molecule has 31 heavy (non-hydrogen) atoms. The molecule has 1 fully saturated rings. The van der Waals surface area contributed by atoms with Crippen LogP contribution < -0.4 is 14.8 Å². The Balaban J connectivity index is 1.40. The normalized spacial score (nSPS) is 15.8. The van der Waals surface area contributed by atoms with E-state index in [-0.39, 0.29) is 17.1 Å². The maximum atomic E-state index is 13.0. The van der Waals surface area contributed by atoms with Crippen molar-refractivity contribution in [3.8, 4) is 11.5 Å². The van der Waals surface area contributed by atoms with Crippen LogP contribution in [0.5, 0.6) is 11.5 Å². The van der Waals surface area contributed by atoms with Crippen molar-refractivity contribution in [2.75, 3.05) is 18.5 Å². The minimum Gasteiger partial charge on any atom is -0.489 e. The van der Waals surface area contributed by atoms with Crippen LogP contribution >= 0.6 is 11.6 Å². The van der Waals surface area contributed by atoms with Crippen LogP contribution in [0, 0.1) is 5.41 Å². The number of anilines is 1. The van der Waals surface area contributed by atoms with Gasteiger partial charge in [0.1, 0.15) is 0 Å². The first-order valence-electron chi connectivity index (χ1n) is 10.1. The fourth-order valence-electron chi connectivity index (χ4n) is 3.60. The highest BCUT2D eigenvalue weighted by molar-refractivity contribution is 6.31. The minimum absolute atomic E-state index is 0.122. The molecule has 0 saturated heterocycles. The third kappa shape index (κ3) is 4.01. The number of ketones is 1. The van der Waals surface area contributed by atoms with Gasteiger partial charge in [-0.25, -0.2) is 0 Å². The molecule has 0 atom stereocenters. The van der Waals surface area contributed by atoms with Crippen molar-refractivity contribution in [1.82, 2.24) is 0 Å². The van der Waals surface area contributed by atoms with Crippen molar-refractivity contribution in [1.29, 1.82) is 0 Å². The second-order valence-electron chi connectivity index (χ2n) is 8.08. The number of nitrogens with one attached hydrogen (secondary N) is 1. The van der Waals surface area contributed by atoms with Crippen molar-refractivity contribution >= 4 is 29.0 Å². The number of ether oxygens (including phenoxy) is 2. The van der Waals surface area contributed by atoms with E-state index in [1.54, 1.807) is 60.7 Å². The quantitative estimate of drug-likeness (QED) is 0.561. The largest absolute Gasteiger partial charge is 0.489 e. The zero-order valence-corrected chi connectivity index (χ0v) is 17.4. The Morgan fingerprint density at radius 2 is 1.58 bits per heavy atom. The lowest BCUT2D eigenvalue weighted by atomic mass is 10.0. The molecule has 5 rings (SSSR count). The van der Waals surface area contributed by atoms with Crippen LogP contribution in [-0.2, 0) is 0 Å². The number of halogens is 1. The van der Waals surface area contributed by atoms with Gasteiger partial charge < -0.3 is 14.8 Å². The highest BCUT2D eigenvalue weighted by Crippen LogP contribution is 2.49. The van der Waals surface area contributed by atoms with E-state index in [1.807, 2.05) is 6.07 Å². The van der Waals surface area contributed by atoms with E-state index >= 15 is 0 Å². The van der Waals surface area contributed by atoms with Crippen LogP contribution in [0.1, 0.15) is 39.1 Å². The molecule has 1 heterocycles. The maximum absolute atomic E-state index is 13.0. The van der Waals surface area contributed by atoms with Gasteiger partial charge in [0.2, 0.25) is 0 Å². The van der Waals surface area contributed by atoms with E-state index in [2.05, 4.69) is 5.32 Å². The molecule has 3 aromatic carbocycles. The number of hydrogen-bond donors (Lipinski definition) is 1. The molecule has 1 N–H and O–H groups in total. The Hall–Kier alpha value is -3.31. The standard InChI is InChI=1S/C25H20ClNO4/c26-18-7-8-20(19(13-18)23(28)16-4-2-1-3-5-16)27-24(29)17-6-9-21-22(12-17)31-15-25(10-11-25)14-30-21/h1-9,12-13H,10-11,14-15H2,(H,27,29). The predicted octanol–water partition coefficient (Wildman–Crippen LogP) is 5.37. The molecule has 0 radical (unpaired) electrons. The van der Waals surface area contributed by atoms with Crippen LogP contribution in [-0.4, -0.2) is 24.9 Å². The molecule has 1 aliphatic heterocycles. The molecular formula is C25H20ClNO4. The number of fused-ring (bicyclic) bond motifs is 1. The SMILES string of the molecule is O=C(Nc1ccc(Cl)cc1C(=O)c1ccccc1)c1ccc2c(c1)OCC1(CC1)CO2. The highest BCUT2D eigenvalue weighted by Gasteiger charge is 2.46. The minimum atomic E-state index is -0.346. The molecule has 1 aliphatic carbocycles. The molecule has 2 aliphatic rings. The monoisotopic (exact) mass is 433 g/mol. The highest BCUT2D eigenvalue weighted by atomic mass is 35.5. The second kappa shape index (κ2) is 7.75. The molecule has 0 unspecified atom stereocenters. The van der Waals surface area contributed by atoms with Crippen LogP contribution in [0.4, 0.5) is 5.69 Å². The fraction of sp³-hybridized carbons (Fsp3) is 0.200. The van der Waals surface area contributed by atoms with Gasteiger partial charge in [-0.05, 0) is 49.2 Å².